The van der Waals surface area contributed by atoms with E-state index in [1.165, 1.54) is 0 Å². The fourth-order valence-electron chi connectivity index (χ4n) is 4.94. The van der Waals surface area contributed by atoms with Crippen molar-refractivity contribution < 1.29 is 4.79 Å². The molecule has 192 valence electrons. The standard InChI is InChI=1S/C32H23N7O/c40-29(15-20-5-2-1-3-6-20)35-24-16-23(18-34-19-24)22-9-10-27-26(17-22)31(39-38-27)32-36-28-8-4-7-25(30(28)37-32)21-11-13-33-14-12-21/h1-14,16-19H,15H2,(H,35,40)(H,36,37)(H,38,39). The summed E-state index contributed by atoms with van der Waals surface area (Å²) >= 11 is 0. The van der Waals surface area contributed by atoms with Gasteiger partial charge in [-0.1, -0.05) is 48.5 Å². The zero-order valence-corrected chi connectivity index (χ0v) is 21.3. The second-order valence-electron chi connectivity index (χ2n) is 9.53. The number of hydrogen-bond acceptors (Lipinski definition) is 5. The lowest BCUT2D eigenvalue weighted by Crippen LogP contribution is -2.14. The van der Waals surface area contributed by atoms with Crippen LogP contribution in [-0.2, 0) is 11.2 Å². The number of imidazole rings is 1. The molecule has 7 aromatic rings. The third-order valence-electron chi connectivity index (χ3n) is 6.85. The van der Waals surface area contributed by atoms with E-state index in [-0.39, 0.29) is 5.91 Å². The first-order valence-electron chi connectivity index (χ1n) is 12.9. The van der Waals surface area contributed by atoms with Crippen molar-refractivity contribution in [3.05, 3.63) is 115 Å². The van der Waals surface area contributed by atoms with E-state index in [1.54, 1.807) is 24.8 Å². The molecule has 0 atom stereocenters. The summed E-state index contributed by atoms with van der Waals surface area (Å²) in [7, 11) is 0. The summed E-state index contributed by atoms with van der Waals surface area (Å²) in [5.41, 5.74) is 8.96. The van der Waals surface area contributed by atoms with Crippen molar-refractivity contribution in [1.82, 2.24) is 30.1 Å². The van der Waals surface area contributed by atoms with Gasteiger partial charge in [-0.3, -0.25) is 19.9 Å². The number of hydrogen-bond donors (Lipinski definition) is 3. The lowest BCUT2D eigenvalue weighted by atomic mass is 10.0. The van der Waals surface area contributed by atoms with Crippen molar-refractivity contribution in [2.24, 2.45) is 0 Å². The number of nitrogens with one attached hydrogen (secondary N) is 3. The Morgan fingerprint density at radius 2 is 1.65 bits per heavy atom. The molecule has 0 fully saturated rings. The number of benzene rings is 3. The van der Waals surface area contributed by atoms with Gasteiger partial charge in [0.1, 0.15) is 5.69 Å². The van der Waals surface area contributed by atoms with Crippen molar-refractivity contribution in [2.45, 2.75) is 6.42 Å². The summed E-state index contributed by atoms with van der Waals surface area (Å²) in [4.78, 5) is 29.5. The number of H-pyrrole nitrogens is 2. The van der Waals surface area contributed by atoms with E-state index in [4.69, 9.17) is 4.98 Å². The van der Waals surface area contributed by atoms with E-state index in [9.17, 15) is 4.79 Å². The highest BCUT2D eigenvalue weighted by Gasteiger charge is 2.16. The molecule has 0 aliphatic rings. The topological polar surface area (TPSA) is 112 Å². The SMILES string of the molecule is O=C(Cc1ccccc1)Nc1cncc(-c2ccc3[nH]nc(-c4nc5c(-c6ccncc6)cccc5[nH]4)c3c2)c1. The maximum atomic E-state index is 12.6. The summed E-state index contributed by atoms with van der Waals surface area (Å²) in [6, 6.07) is 27.7. The van der Waals surface area contributed by atoms with Crippen LogP contribution in [0.25, 0.3) is 55.7 Å². The third kappa shape index (κ3) is 4.48. The maximum absolute atomic E-state index is 12.6. The van der Waals surface area contributed by atoms with Crippen molar-refractivity contribution in [3.8, 4) is 33.8 Å². The number of amides is 1. The summed E-state index contributed by atoms with van der Waals surface area (Å²) in [6.07, 6.45) is 7.31. The van der Waals surface area contributed by atoms with E-state index in [0.29, 0.717) is 17.9 Å². The molecule has 0 aliphatic carbocycles. The van der Waals surface area contributed by atoms with Crippen LogP contribution in [0.1, 0.15) is 5.56 Å². The number of para-hydroxylation sites is 1. The van der Waals surface area contributed by atoms with Crippen LogP contribution < -0.4 is 5.32 Å². The molecule has 7 rings (SSSR count). The molecule has 8 heteroatoms. The van der Waals surface area contributed by atoms with Crippen molar-refractivity contribution in [1.29, 1.82) is 0 Å². The molecule has 3 aromatic carbocycles. The van der Waals surface area contributed by atoms with Gasteiger partial charge in [-0.15, -0.1) is 0 Å². The van der Waals surface area contributed by atoms with Crippen LogP contribution in [0.4, 0.5) is 5.69 Å². The highest BCUT2D eigenvalue weighted by molar-refractivity contribution is 5.98. The number of aromatic nitrogens is 6. The molecule has 1 amide bonds. The minimum atomic E-state index is -0.0891. The molecule has 40 heavy (non-hydrogen) atoms. The van der Waals surface area contributed by atoms with Crippen LogP contribution in [0, 0.1) is 0 Å². The number of nitrogens with zero attached hydrogens (tertiary/aromatic N) is 4. The molecule has 8 nitrogen and oxygen atoms in total. The first-order chi connectivity index (χ1) is 19.7. The van der Waals surface area contributed by atoms with Crippen molar-refractivity contribution in [2.75, 3.05) is 5.32 Å². The molecular weight excluding hydrogens is 498 g/mol. The highest BCUT2D eigenvalue weighted by Crippen LogP contribution is 2.33. The van der Waals surface area contributed by atoms with E-state index in [1.807, 2.05) is 72.8 Å². The van der Waals surface area contributed by atoms with Gasteiger partial charge in [-0.2, -0.15) is 5.10 Å². The van der Waals surface area contributed by atoms with Gasteiger partial charge >= 0.3 is 0 Å². The Morgan fingerprint density at radius 3 is 2.52 bits per heavy atom. The van der Waals surface area contributed by atoms with Gasteiger partial charge in [0.2, 0.25) is 5.91 Å². The van der Waals surface area contributed by atoms with Crippen LogP contribution in [0.5, 0.6) is 0 Å². The molecule has 0 spiro atoms. The number of aromatic amines is 2. The van der Waals surface area contributed by atoms with Crippen LogP contribution in [0.3, 0.4) is 0 Å². The Bertz CT molecular complexity index is 1980. The van der Waals surface area contributed by atoms with E-state index in [2.05, 4.69) is 42.6 Å². The fraction of sp³-hybridized carbons (Fsp3) is 0.0312. The van der Waals surface area contributed by atoms with Crippen molar-refractivity contribution >= 4 is 33.5 Å². The number of anilines is 1. The van der Waals surface area contributed by atoms with Gasteiger partial charge < -0.3 is 10.3 Å². The number of pyridine rings is 2. The van der Waals surface area contributed by atoms with Gasteiger partial charge in [-0.25, -0.2) is 4.98 Å². The fourth-order valence-corrected chi connectivity index (χ4v) is 4.94. The summed E-state index contributed by atoms with van der Waals surface area (Å²) in [6.45, 7) is 0. The van der Waals surface area contributed by atoms with E-state index < -0.39 is 0 Å². The van der Waals surface area contributed by atoms with Crippen LogP contribution in [0.2, 0.25) is 0 Å². The number of fused-ring (bicyclic) bond motifs is 2. The largest absolute Gasteiger partial charge is 0.337 e. The molecule has 0 saturated heterocycles. The minimum Gasteiger partial charge on any atom is -0.337 e. The van der Waals surface area contributed by atoms with Gasteiger partial charge in [0.25, 0.3) is 0 Å². The molecule has 0 unspecified atom stereocenters. The van der Waals surface area contributed by atoms with Crippen LogP contribution >= 0.6 is 0 Å². The molecular formula is C32H23N7O. The average molecular weight is 522 g/mol. The Kier molecular flexibility index (Phi) is 5.82. The second kappa shape index (κ2) is 9.92. The Morgan fingerprint density at radius 1 is 0.775 bits per heavy atom. The predicted octanol–water partition coefficient (Wildman–Crippen LogP) is 6.41. The zero-order valence-electron chi connectivity index (χ0n) is 21.3. The molecule has 0 saturated carbocycles. The average Bonchev–Trinajstić information content (AvgIpc) is 3.62. The smallest absolute Gasteiger partial charge is 0.228 e. The molecule has 3 N–H and O–H groups in total. The normalized spacial score (nSPS) is 11.2. The summed E-state index contributed by atoms with van der Waals surface area (Å²) in [5.74, 6) is 0.591. The minimum absolute atomic E-state index is 0.0891. The van der Waals surface area contributed by atoms with E-state index >= 15 is 0 Å². The molecule has 0 bridgehead atoms. The highest BCUT2D eigenvalue weighted by atomic mass is 16.1. The predicted molar refractivity (Wildman–Crippen MR) is 156 cm³/mol. The monoisotopic (exact) mass is 521 g/mol. The quantitative estimate of drug-likeness (QED) is 0.234. The van der Waals surface area contributed by atoms with Crippen LogP contribution in [0.15, 0.2) is 110 Å². The third-order valence-corrected chi connectivity index (χ3v) is 6.85. The lowest BCUT2D eigenvalue weighted by Gasteiger charge is -2.08. The molecule has 4 heterocycles. The molecule has 0 aliphatic heterocycles. The van der Waals surface area contributed by atoms with Gasteiger partial charge in [0.05, 0.1) is 34.9 Å². The Labute approximate surface area is 229 Å². The zero-order chi connectivity index (χ0) is 26.9. The number of rotatable bonds is 6. The first-order valence-corrected chi connectivity index (χ1v) is 12.9. The second-order valence-corrected chi connectivity index (χ2v) is 9.53. The Balaban J connectivity index is 1.21. The lowest BCUT2D eigenvalue weighted by molar-refractivity contribution is -0.115. The van der Waals surface area contributed by atoms with E-state index in [0.717, 1.165) is 55.4 Å². The summed E-state index contributed by atoms with van der Waals surface area (Å²) < 4.78 is 0. The van der Waals surface area contributed by atoms with Crippen molar-refractivity contribution in [3.63, 3.8) is 0 Å². The molecule has 0 radical (unpaired) electrons. The summed E-state index contributed by atoms with van der Waals surface area (Å²) in [5, 5.41) is 11.6. The van der Waals surface area contributed by atoms with Gasteiger partial charge in [0, 0.05) is 35.1 Å². The molecule has 4 aromatic heterocycles. The van der Waals surface area contributed by atoms with Gasteiger partial charge in [0.15, 0.2) is 5.82 Å². The Hall–Kier alpha value is -5.63. The van der Waals surface area contributed by atoms with Gasteiger partial charge in [-0.05, 0) is 53.1 Å². The number of carbonyl (C=O) groups excluding carboxylic acids is 1. The first kappa shape index (κ1) is 23.5. The maximum Gasteiger partial charge on any atom is 0.228 e. The van der Waals surface area contributed by atoms with Crippen LogP contribution in [-0.4, -0.2) is 36.0 Å². The number of carbonyl (C=O) groups is 1.